The number of carbonyl (C=O) groups is 1. The number of methoxy groups -OCH3 is 1. The number of aromatic carboxylic acids is 1. The maximum Gasteiger partial charge on any atom is 0.371 e. The predicted molar refractivity (Wildman–Crippen MR) is 47.5 cm³/mol. The molecule has 0 aliphatic heterocycles. The van der Waals surface area contributed by atoms with Gasteiger partial charge in [0.25, 0.3) is 0 Å². The number of hydrogen-bond acceptors (Lipinski definition) is 4. The molecule has 0 amide bonds. The Morgan fingerprint density at radius 3 is 3.00 bits per heavy atom. The molecule has 2 aromatic heterocycles. The van der Waals surface area contributed by atoms with E-state index in [1.165, 1.54) is 13.2 Å². The second kappa shape index (κ2) is 3.02. The molecular formula is C9H7NO4. The molecule has 0 fully saturated rings. The normalized spacial score (nSPS) is 10.4. The summed E-state index contributed by atoms with van der Waals surface area (Å²) in [6.45, 7) is 0. The van der Waals surface area contributed by atoms with E-state index in [1.807, 2.05) is 0 Å². The summed E-state index contributed by atoms with van der Waals surface area (Å²) in [5.41, 5.74) is 0.907. The molecule has 0 aliphatic rings. The van der Waals surface area contributed by atoms with Gasteiger partial charge in [0.15, 0.2) is 5.58 Å². The molecule has 0 unspecified atom stereocenters. The molecule has 0 spiro atoms. The van der Waals surface area contributed by atoms with E-state index in [-0.39, 0.29) is 5.76 Å². The van der Waals surface area contributed by atoms with Gasteiger partial charge < -0.3 is 14.3 Å². The summed E-state index contributed by atoms with van der Waals surface area (Å²) in [5.74, 6) is -0.807. The van der Waals surface area contributed by atoms with Gasteiger partial charge in [-0.3, -0.25) is 0 Å². The summed E-state index contributed by atoms with van der Waals surface area (Å²) in [6.07, 6.45) is 0. The zero-order valence-corrected chi connectivity index (χ0v) is 7.35. The Morgan fingerprint density at radius 1 is 1.57 bits per heavy atom. The first-order valence-electron chi connectivity index (χ1n) is 3.88. The average molecular weight is 193 g/mol. The Hall–Kier alpha value is -2.04. The molecule has 5 nitrogen and oxygen atoms in total. The first kappa shape index (κ1) is 8.55. The van der Waals surface area contributed by atoms with Crippen LogP contribution in [0, 0.1) is 0 Å². The zero-order valence-electron chi connectivity index (χ0n) is 7.35. The SMILES string of the molecule is COc1ccc2oc(C(=O)O)cc2n1. The van der Waals surface area contributed by atoms with E-state index >= 15 is 0 Å². The number of carboxylic acids is 1. The van der Waals surface area contributed by atoms with Gasteiger partial charge in [-0.2, -0.15) is 0 Å². The van der Waals surface area contributed by atoms with Crippen molar-refractivity contribution in [3.8, 4) is 5.88 Å². The highest BCUT2D eigenvalue weighted by Gasteiger charge is 2.11. The van der Waals surface area contributed by atoms with Crippen molar-refractivity contribution in [1.29, 1.82) is 0 Å². The zero-order chi connectivity index (χ0) is 10.1. The molecule has 14 heavy (non-hydrogen) atoms. The van der Waals surface area contributed by atoms with Crippen LogP contribution in [0.4, 0.5) is 0 Å². The standard InChI is InChI=1S/C9H7NO4/c1-13-8-3-2-6-5(10-8)4-7(14-6)9(11)12/h2-4H,1H3,(H,11,12). The van der Waals surface area contributed by atoms with Crippen LogP contribution >= 0.6 is 0 Å². The van der Waals surface area contributed by atoms with Crippen molar-refractivity contribution >= 4 is 17.1 Å². The lowest BCUT2D eigenvalue weighted by molar-refractivity contribution is 0.0665. The Morgan fingerprint density at radius 2 is 2.36 bits per heavy atom. The largest absolute Gasteiger partial charge is 0.481 e. The van der Waals surface area contributed by atoms with Gasteiger partial charge in [-0.25, -0.2) is 9.78 Å². The van der Waals surface area contributed by atoms with Gasteiger partial charge in [-0.15, -0.1) is 0 Å². The lowest BCUT2D eigenvalue weighted by Gasteiger charge is -1.95. The summed E-state index contributed by atoms with van der Waals surface area (Å²) >= 11 is 0. The van der Waals surface area contributed by atoms with Crippen molar-refractivity contribution in [3.05, 3.63) is 24.0 Å². The molecule has 0 aromatic carbocycles. The lowest BCUT2D eigenvalue weighted by atomic mass is 10.3. The fourth-order valence-corrected chi connectivity index (χ4v) is 1.12. The van der Waals surface area contributed by atoms with Crippen LogP contribution in [0.5, 0.6) is 5.88 Å². The fraction of sp³-hybridized carbons (Fsp3) is 0.111. The van der Waals surface area contributed by atoms with Crippen LogP contribution in [0.1, 0.15) is 10.6 Å². The molecule has 1 N–H and O–H groups in total. The maximum absolute atomic E-state index is 10.6. The van der Waals surface area contributed by atoms with Crippen molar-refractivity contribution in [1.82, 2.24) is 4.98 Å². The van der Waals surface area contributed by atoms with Crippen LogP contribution in [0.15, 0.2) is 22.6 Å². The van der Waals surface area contributed by atoms with Crippen LogP contribution in [-0.4, -0.2) is 23.2 Å². The van der Waals surface area contributed by atoms with Crippen molar-refractivity contribution in [3.63, 3.8) is 0 Å². The third-order valence-corrected chi connectivity index (χ3v) is 1.77. The minimum Gasteiger partial charge on any atom is -0.481 e. The van der Waals surface area contributed by atoms with Gasteiger partial charge in [-0.1, -0.05) is 0 Å². The van der Waals surface area contributed by atoms with Crippen molar-refractivity contribution in [2.45, 2.75) is 0 Å². The van der Waals surface area contributed by atoms with Crippen LogP contribution < -0.4 is 4.74 Å². The first-order valence-corrected chi connectivity index (χ1v) is 3.88. The third-order valence-electron chi connectivity index (χ3n) is 1.77. The van der Waals surface area contributed by atoms with E-state index in [2.05, 4.69) is 4.98 Å². The van der Waals surface area contributed by atoms with Crippen LogP contribution in [0.2, 0.25) is 0 Å². The second-order valence-electron chi connectivity index (χ2n) is 2.65. The summed E-state index contributed by atoms with van der Waals surface area (Å²) in [5, 5.41) is 8.66. The highest BCUT2D eigenvalue weighted by Crippen LogP contribution is 2.20. The van der Waals surface area contributed by atoms with Crippen LogP contribution in [-0.2, 0) is 0 Å². The van der Waals surface area contributed by atoms with E-state index in [0.29, 0.717) is 17.0 Å². The lowest BCUT2D eigenvalue weighted by Crippen LogP contribution is -1.91. The van der Waals surface area contributed by atoms with E-state index in [4.69, 9.17) is 14.3 Å². The van der Waals surface area contributed by atoms with Gasteiger partial charge in [0, 0.05) is 12.1 Å². The molecule has 72 valence electrons. The highest BCUT2D eigenvalue weighted by molar-refractivity contribution is 5.90. The molecule has 0 saturated heterocycles. The number of pyridine rings is 1. The van der Waals surface area contributed by atoms with Gasteiger partial charge >= 0.3 is 5.97 Å². The minimum atomic E-state index is -1.11. The molecule has 0 saturated carbocycles. The van der Waals surface area contributed by atoms with Gasteiger partial charge in [-0.05, 0) is 6.07 Å². The average Bonchev–Trinajstić information content (AvgIpc) is 2.59. The molecule has 5 heteroatoms. The summed E-state index contributed by atoms with van der Waals surface area (Å²) in [6, 6.07) is 4.59. The smallest absolute Gasteiger partial charge is 0.371 e. The number of aromatic nitrogens is 1. The molecule has 2 aromatic rings. The Labute approximate surface area is 78.9 Å². The van der Waals surface area contributed by atoms with Gasteiger partial charge in [0.1, 0.15) is 5.52 Å². The maximum atomic E-state index is 10.6. The topological polar surface area (TPSA) is 72.6 Å². The Bertz CT molecular complexity index is 489. The van der Waals surface area contributed by atoms with E-state index < -0.39 is 5.97 Å². The molecular weight excluding hydrogens is 186 g/mol. The quantitative estimate of drug-likeness (QED) is 0.782. The number of furan rings is 1. The van der Waals surface area contributed by atoms with Gasteiger partial charge in [0.2, 0.25) is 11.6 Å². The summed E-state index contributed by atoms with van der Waals surface area (Å²) in [7, 11) is 1.49. The van der Waals surface area contributed by atoms with E-state index in [1.54, 1.807) is 12.1 Å². The van der Waals surface area contributed by atoms with E-state index in [9.17, 15) is 4.79 Å². The molecule has 0 radical (unpaired) electrons. The molecule has 0 bridgehead atoms. The molecule has 0 atom stereocenters. The number of nitrogens with zero attached hydrogens (tertiary/aromatic N) is 1. The predicted octanol–water partition coefficient (Wildman–Crippen LogP) is 1.53. The summed E-state index contributed by atoms with van der Waals surface area (Å²) in [4.78, 5) is 14.6. The molecule has 0 aliphatic carbocycles. The van der Waals surface area contributed by atoms with Crippen molar-refractivity contribution in [2.75, 3.05) is 7.11 Å². The Balaban J connectivity index is 2.60. The highest BCUT2D eigenvalue weighted by atomic mass is 16.5. The van der Waals surface area contributed by atoms with Crippen molar-refractivity contribution in [2.24, 2.45) is 0 Å². The number of fused-ring (bicyclic) bond motifs is 1. The number of rotatable bonds is 2. The first-order chi connectivity index (χ1) is 6.70. The number of hydrogen-bond donors (Lipinski definition) is 1. The van der Waals surface area contributed by atoms with Crippen molar-refractivity contribution < 1.29 is 19.1 Å². The number of carboxylic acid groups (broad SMARTS) is 1. The number of ether oxygens (including phenoxy) is 1. The van der Waals surface area contributed by atoms with Crippen LogP contribution in [0.25, 0.3) is 11.1 Å². The minimum absolute atomic E-state index is 0.124. The fourth-order valence-electron chi connectivity index (χ4n) is 1.12. The Kier molecular flexibility index (Phi) is 1.85. The molecule has 2 rings (SSSR count). The molecule has 2 heterocycles. The van der Waals surface area contributed by atoms with Gasteiger partial charge in [0.05, 0.1) is 7.11 Å². The monoisotopic (exact) mass is 193 g/mol. The van der Waals surface area contributed by atoms with E-state index in [0.717, 1.165) is 0 Å². The van der Waals surface area contributed by atoms with Crippen LogP contribution in [0.3, 0.4) is 0 Å². The third kappa shape index (κ3) is 1.28. The second-order valence-corrected chi connectivity index (χ2v) is 2.65. The summed E-state index contributed by atoms with van der Waals surface area (Å²) < 4.78 is 9.90.